The molecule has 0 unspecified atom stereocenters. The predicted molar refractivity (Wildman–Crippen MR) is 148 cm³/mol. The number of anilines is 1. The van der Waals surface area contributed by atoms with Gasteiger partial charge in [-0.2, -0.15) is 5.26 Å². The molecule has 1 aromatic carbocycles. The molecule has 3 aromatic rings. The van der Waals surface area contributed by atoms with Crippen molar-refractivity contribution in [2.75, 3.05) is 31.6 Å². The van der Waals surface area contributed by atoms with Crippen molar-refractivity contribution in [1.82, 2.24) is 20.6 Å². The first kappa shape index (κ1) is 25.4. The summed E-state index contributed by atoms with van der Waals surface area (Å²) in [5, 5.41) is 27.9. The molecule has 39 heavy (non-hydrogen) atoms. The number of carbonyl (C=O) groups is 1. The van der Waals surface area contributed by atoms with Crippen molar-refractivity contribution in [2.24, 2.45) is 0 Å². The molecule has 1 saturated heterocycles. The zero-order valence-electron chi connectivity index (χ0n) is 22.7. The van der Waals surface area contributed by atoms with Crippen LogP contribution in [0.25, 0.3) is 10.9 Å². The van der Waals surface area contributed by atoms with Crippen molar-refractivity contribution in [3.05, 3.63) is 52.5 Å². The number of aryl methyl sites for hydroxylation is 1. The van der Waals surface area contributed by atoms with Gasteiger partial charge in [0.15, 0.2) is 0 Å². The highest BCUT2D eigenvalue weighted by Gasteiger charge is 2.43. The number of amides is 1. The van der Waals surface area contributed by atoms with E-state index in [4.69, 9.17) is 14.7 Å². The summed E-state index contributed by atoms with van der Waals surface area (Å²) >= 11 is 0. The highest BCUT2D eigenvalue weighted by Crippen LogP contribution is 2.45. The summed E-state index contributed by atoms with van der Waals surface area (Å²) in [6.07, 6.45) is 7.35. The fourth-order valence-corrected chi connectivity index (χ4v) is 5.81. The Hall–Kier alpha value is -3.90. The van der Waals surface area contributed by atoms with Gasteiger partial charge >= 0.3 is 0 Å². The van der Waals surface area contributed by atoms with Crippen LogP contribution in [0.15, 0.2) is 24.4 Å². The van der Waals surface area contributed by atoms with E-state index in [1.807, 2.05) is 13.0 Å². The summed E-state index contributed by atoms with van der Waals surface area (Å²) in [5.74, 6) is 0.425. The molecule has 2 aromatic heterocycles. The van der Waals surface area contributed by atoms with Crippen molar-refractivity contribution in [3.63, 3.8) is 0 Å². The average molecular weight is 527 g/mol. The first-order valence-corrected chi connectivity index (χ1v) is 13.7. The van der Waals surface area contributed by atoms with Crippen LogP contribution in [0.1, 0.15) is 83.9 Å². The van der Waals surface area contributed by atoms with Crippen molar-refractivity contribution >= 4 is 22.5 Å². The molecule has 3 heterocycles. The van der Waals surface area contributed by atoms with Crippen LogP contribution in [0.2, 0.25) is 0 Å². The third-order valence-electron chi connectivity index (χ3n) is 8.38. The fraction of sp³-hybridized carbons (Fsp3) is 0.467. The number of pyridine rings is 2. The Morgan fingerprint density at radius 3 is 2.77 bits per heavy atom. The number of ether oxygens (including phenoxy) is 1. The van der Waals surface area contributed by atoms with Crippen molar-refractivity contribution < 1.29 is 14.6 Å². The molecule has 3 N–H and O–H groups in total. The van der Waals surface area contributed by atoms with Gasteiger partial charge in [-0.3, -0.25) is 14.8 Å². The van der Waals surface area contributed by atoms with Gasteiger partial charge in [0, 0.05) is 60.0 Å². The number of nitrogens with one attached hydrogen (secondary N) is 2. The van der Waals surface area contributed by atoms with Crippen molar-refractivity contribution in [1.29, 1.82) is 5.26 Å². The van der Waals surface area contributed by atoms with Crippen LogP contribution >= 0.6 is 0 Å². The van der Waals surface area contributed by atoms with Crippen LogP contribution in [0.3, 0.4) is 0 Å². The Bertz CT molecular complexity index is 1510. The number of benzene rings is 1. The normalized spacial score (nSPS) is 18.9. The van der Waals surface area contributed by atoms with E-state index >= 15 is 0 Å². The van der Waals surface area contributed by atoms with Gasteiger partial charge in [0.1, 0.15) is 17.6 Å². The molecule has 202 valence electrons. The summed E-state index contributed by atoms with van der Waals surface area (Å²) in [6.45, 7) is 6.29. The zero-order valence-corrected chi connectivity index (χ0v) is 22.7. The molecular weight excluding hydrogens is 492 g/mol. The zero-order chi connectivity index (χ0) is 27.3. The lowest BCUT2D eigenvalue weighted by Gasteiger charge is -2.27. The maximum atomic E-state index is 13.9. The Morgan fingerprint density at radius 1 is 1.28 bits per heavy atom. The number of phenols is 1. The van der Waals surface area contributed by atoms with Crippen LogP contribution in [0.5, 0.6) is 11.5 Å². The molecule has 3 aliphatic rings. The summed E-state index contributed by atoms with van der Waals surface area (Å²) in [5.41, 5.74) is 4.98. The molecule has 6 rings (SSSR count). The van der Waals surface area contributed by atoms with E-state index in [1.165, 1.54) is 26.0 Å². The minimum absolute atomic E-state index is 0.0974. The van der Waals surface area contributed by atoms with Gasteiger partial charge in [-0.25, -0.2) is 0 Å². The monoisotopic (exact) mass is 526 g/mol. The standard InChI is InChI=1S/C30H34N6O3/c1-17-12-23-26(25(34-17)19-4-5-19)32-16-24(27(23)36-10-8-30(6-7-30)33-9-11-36)29(38)35-18(2)22-14-21(39-3)13-20(15-31)28(22)37/h12-14,16,18-19,33,37H,4-11H2,1-3H3,(H,35,38)/t18-/m0/s1. The number of fused-ring (bicyclic) bond motifs is 1. The van der Waals surface area contributed by atoms with Gasteiger partial charge in [0.25, 0.3) is 5.91 Å². The largest absolute Gasteiger partial charge is 0.506 e. The quantitative estimate of drug-likeness (QED) is 0.436. The summed E-state index contributed by atoms with van der Waals surface area (Å²) in [7, 11) is 1.50. The van der Waals surface area contributed by atoms with Gasteiger partial charge in [-0.1, -0.05) is 0 Å². The molecule has 1 spiro atoms. The van der Waals surface area contributed by atoms with E-state index in [0.717, 1.165) is 66.9 Å². The maximum Gasteiger partial charge on any atom is 0.255 e. The van der Waals surface area contributed by atoms with Gasteiger partial charge in [-0.05, 0) is 58.1 Å². The molecule has 2 saturated carbocycles. The van der Waals surface area contributed by atoms with Gasteiger partial charge in [0.2, 0.25) is 0 Å². The number of nitriles is 1. The molecule has 1 atom stereocenters. The number of nitrogens with zero attached hydrogens (tertiary/aromatic N) is 4. The minimum Gasteiger partial charge on any atom is -0.506 e. The second-order valence-electron chi connectivity index (χ2n) is 11.2. The van der Waals surface area contributed by atoms with Crippen molar-refractivity contribution in [3.8, 4) is 17.6 Å². The SMILES string of the molecule is COc1cc(C#N)c(O)c([C@H](C)NC(=O)c2cnc3c(C4CC4)nc(C)cc3c2N2CCNC3(CC2)CC3)c1. The lowest BCUT2D eigenvalue weighted by atomic mass is 10.0. The van der Waals surface area contributed by atoms with Crippen LogP contribution in [-0.4, -0.2) is 53.3 Å². The molecule has 9 heteroatoms. The Labute approximate surface area is 228 Å². The molecule has 1 aliphatic heterocycles. The van der Waals surface area contributed by atoms with Gasteiger partial charge < -0.3 is 25.4 Å². The number of methoxy groups -OCH3 is 1. The molecule has 3 fully saturated rings. The molecule has 0 bridgehead atoms. The number of rotatable bonds is 6. The van der Waals surface area contributed by atoms with E-state index in [2.05, 4.69) is 21.6 Å². The lowest BCUT2D eigenvalue weighted by Crippen LogP contribution is -2.33. The summed E-state index contributed by atoms with van der Waals surface area (Å²) in [4.78, 5) is 25.9. The third-order valence-corrected chi connectivity index (χ3v) is 8.38. The first-order chi connectivity index (χ1) is 18.8. The minimum atomic E-state index is -0.579. The van der Waals surface area contributed by atoms with Gasteiger partial charge in [-0.15, -0.1) is 0 Å². The van der Waals surface area contributed by atoms with Crippen LogP contribution in [0, 0.1) is 18.3 Å². The second-order valence-corrected chi connectivity index (χ2v) is 11.2. The topological polar surface area (TPSA) is 123 Å². The lowest BCUT2D eigenvalue weighted by molar-refractivity contribution is 0.0939. The Morgan fingerprint density at radius 2 is 2.08 bits per heavy atom. The second kappa shape index (κ2) is 9.69. The smallest absolute Gasteiger partial charge is 0.255 e. The first-order valence-electron chi connectivity index (χ1n) is 13.7. The molecular formula is C30H34N6O3. The van der Waals surface area contributed by atoms with E-state index < -0.39 is 6.04 Å². The summed E-state index contributed by atoms with van der Waals surface area (Å²) < 4.78 is 5.32. The fourth-order valence-electron chi connectivity index (χ4n) is 5.81. The predicted octanol–water partition coefficient (Wildman–Crippen LogP) is 4.22. The third kappa shape index (κ3) is 4.74. The number of hydrogen-bond donors (Lipinski definition) is 3. The van der Waals surface area contributed by atoms with E-state index in [0.29, 0.717) is 22.8 Å². The van der Waals surface area contributed by atoms with E-state index in [9.17, 15) is 15.2 Å². The number of aromatic nitrogens is 2. The molecule has 9 nitrogen and oxygen atoms in total. The van der Waals surface area contributed by atoms with Crippen LogP contribution in [0.4, 0.5) is 5.69 Å². The number of aromatic hydroxyl groups is 1. The molecule has 0 radical (unpaired) electrons. The van der Waals surface area contributed by atoms with Gasteiger partial charge in [0.05, 0.1) is 41.2 Å². The van der Waals surface area contributed by atoms with Crippen LogP contribution in [-0.2, 0) is 0 Å². The number of carbonyl (C=O) groups excluding carboxylic acids is 1. The van der Waals surface area contributed by atoms with Crippen LogP contribution < -0.4 is 20.3 Å². The van der Waals surface area contributed by atoms with E-state index in [1.54, 1.807) is 19.2 Å². The maximum absolute atomic E-state index is 13.9. The average Bonchev–Trinajstić information content (AvgIpc) is 3.85. The Balaban J connectivity index is 1.41. The molecule has 2 aliphatic carbocycles. The Kier molecular flexibility index (Phi) is 6.31. The summed E-state index contributed by atoms with van der Waals surface area (Å²) in [6, 6.07) is 6.60. The molecule has 1 amide bonds. The van der Waals surface area contributed by atoms with Crippen molar-refractivity contribution in [2.45, 2.75) is 63.5 Å². The van der Waals surface area contributed by atoms with E-state index in [-0.39, 0.29) is 22.8 Å². The number of phenolic OH excluding ortho intramolecular Hbond substituents is 1. The highest BCUT2D eigenvalue weighted by atomic mass is 16.5. The number of hydrogen-bond acceptors (Lipinski definition) is 8. The highest BCUT2D eigenvalue weighted by molar-refractivity contribution is 6.08.